The maximum atomic E-state index is 2.38. The molecule has 0 unspecified atom stereocenters. The van der Waals surface area contributed by atoms with E-state index >= 15 is 0 Å². The summed E-state index contributed by atoms with van der Waals surface area (Å²) in [5.41, 5.74) is 12.4. The van der Waals surface area contributed by atoms with Crippen molar-refractivity contribution in [3.05, 3.63) is 169 Å². The van der Waals surface area contributed by atoms with E-state index in [0.717, 1.165) is 0 Å². The van der Waals surface area contributed by atoms with E-state index in [0.29, 0.717) is 0 Å². The zero-order valence-electron chi connectivity index (χ0n) is 25.0. The molecule has 0 heterocycles. The molecule has 0 saturated heterocycles. The first kappa shape index (κ1) is 26.2. The largest absolute Gasteiger partial charge is 0.0616 e. The van der Waals surface area contributed by atoms with Gasteiger partial charge in [0.15, 0.2) is 0 Å². The number of hydrogen-bond donors (Lipinski definition) is 0. The fourth-order valence-electron chi connectivity index (χ4n) is 6.74. The Labute approximate surface area is 258 Å². The minimum atomic E-state index is 1.22. The number of hydrogen-bond acceptors (Lipinski definition) is 0. The molecule has 8 rings (SSSR count). The summed E-state index contributed by atoms with van der Waals surface area (Å²) in [7, 11) is 0. The van der Waals surface area contributed by atoms with Crippen LogP contribution < -0.4 is 0 Å². The lowest BCUT2D eigenvalue weighted by Gasteiger charge is -2.14. The fraction of sp³-hybridized carbons (Fsp3) is 0.0455. The Hall–Kier alpha value is -5.46. The van der Waals surface area contributed by atoms with Gasteiger partial charge in [-0.25, -0.2) is 0 Å². The maximum absolute atomic E-state index is 2.38. The monoisotopic (exact) mass is 560 g/mol. The number of aryl methyl sites for hydroxylation is 2. The van der Waals surface area contributed by atoms with Crippen LogP contribution in [-0.2, 0) is 0 Å². The van der Waals surface area contributed by atoms with Crippen molar-refractivity contribution in [3.8, 4) is 44.5 Å². The van der Waals surface area contributed by atoms with Crippen molar-refractivity contribution < 1.29 is 0 Å². The lowest BCUT2D eigenvalue weighted by Crippen LogP contribution is -1.88. The molecule has 0 aliphatic heterocycles. The molecule has 0 heteroatoms. The predicted molar refractivity (Wildman–Crippen MR) is 190 cm³/mol. The molecule has 0 bridgehead atoms. The zero-order valence-corrected chi connectivity index (χ0v) is 25.0. The highest BCUT2D eigenvalue weighted by Crippen LogP contribution is 2.39. The van der Waals surface area contributed by atoms with Crippen LogP contribution in [0.4, 0.5) is 0 Å². The second-order valence-corrected chi connectivity index (χ2v) is 12.0. The van der Waals surface area contributed by atoms with Gasteiger partial charge in [0.25, 0.3) is 0 Å². The van der Waals surface area contributed by atoms with Gasteiger partial charge in [-0.3, -0.25) is 0 Å². The summed E-state index contributed by atoms with van der Waals surface area (Å²) >= 11 is 0. The van der Waals surface area contributed by atoms with Crippen molar-refractivity contribution in [2.45, 2.75) is 13.8 Å². The predicted octanol–water partition coefficient (Wildman–Crippen LogP) is 12.4. The highest BCUT2D eigenvalue weighted by Gasteiger charge is 2.12. The molecule has 8 aromatic rings. The molecule has 0 fully saturated rings. The number of fused-ring (bicyclic) bond motifs is 6. The Morgan fingerprint density at radius 3 is 1.05 bits per heavy atom. The molecule has 208 valence electrons. The standard InChI is InChI=1S/C44H32/c1-29-10-7-12-31(22-29)36-25-37(32-13-8-11-30(2)23-32)27-38(26-36)34-15-9-14-33(24-34)35-20-21-43-41-18-4-3-16-39(41)40-17-5-6-19-42(40)44(43)28-35/h3-28H,1-2H3. The fourth-order valence-corrected chi connectivity index (χ4v) is 6.74. The maximum Gasteiger partial charge on any atom is -0.00928 e. The van der Waals surface area contributed by atoms with E-state index in [-0.39, 0.29) is 0 Å². The smallest absolute Gasteiger partial charge is 0.00928 e. The Morgan fingerprint density at radius 1 is 0.227 bits per heavy atom. The quantitative estimate of drug-likeness (QED) is 0.188. The van der Waals surface area contributed by atoms with Crippen molar-refractivity contribution in [1.29, 1.82) is 0 Å². The van der Waals surface area contributed by atoms with Gasteiger partial charge >= 0.3 is 0 Å². The van der Waals surface area contributed by atoms with Crippen LogP contribution in [0.2, 0.25) is 0 Å². The number of rotatable bonds is 4. The van der Waals surface area contributed by atoms with Crippen LogP contribution in [0.15, 0.2) is 158 Å². The molecule has 8 aromatic carbocycles. The molecule has 0 saturated carbocycles. The second-order valence-electron chi connectivity index (χ2n) is 12.0. The summed E-state index contributed by atoms with van der Waals surface area (Å²) in [5, 5.41) is 7.81. The molecule has 0 spiro atoms. The summed E-state index contributed by atoms with van der Waals surface area (Å²) < 4.78 is 0. The average molecular weight is 561 g/mol. The lowest BCUT2D eigenvalue weighted by atomic mass is 9.90. The molecule has 44 heavy (non-hydrogen) atoms. The minimum absolute atomic E-state index is 1.22. The van der Waals surface area contributed by atoms with Gasteiger partial charge in [-0.2, -0.15) is 0 Å². The Bertz CT molecular complexity index is 2260. The Morgan fingerprint density at radius 2 is 0.568 bits per heavy atom. The van der Waals surface area contributed by atoms with Gasteiger partial charge in [0.2, 0.25) is 0 Å². The van der Waals surface area contributed by atoms with E-state index in [2.05, 4.69) is 172 Å². The van der Waals surface area contributed by atoms with E-state index in [1.807, 2.05) is 0 Å². The van der Waals surface area contributed by atoms with Gasteiger partial charge in [-0.1, -0.05) is 139 Å². The molecule has 0 N–H and O–H groups in total. The molecule has 0 aliphatic rings. The van der Waals surface area contributed by atoms with Crippen molar-refractivity contribution in [1.82, 2.24) is 0 Å². The van der Waals surface area contributed by atoms with E-state index in [4.69, 9.17) is 0 Å². The Balaban J connectivity index is 1.29. The average Bonchev–Trinajstić information content (AvgIpc) is 3.08. The van der Waals surface area contributed by atoms with Crippen LogP contribution in [0.3, 0.4) is 0 Å². The van der Waals surface area contributed by atoms with E-state index in [1.165, 1.54) is 88.0 Å². The van der Waals surface area contributed by atoms with Crippen LogP contribution in [0.5, 0.6) is 0 Å². The van der Waals surface area contributed by atoms with Gasteiger partial charge in [-0.05, 0) is 121 Å². The van der Waals surface area contributed by atoms with Gasteiger partial charge in [-0.15, -0.1) is 0 Å². The summed E-state index contributed by atoms with van der Waals surface area (Å²) in [6.45, 7) is 4.32. The summed E-state index contributed by atoms with van der Waals surface area (Å²) in [6, 6.07) is 58.2. The molecule has 0 aromatic heterocycles. The van der Waals surface area contributed by atoms with Crippen LogP contribution in [0.25, 0.3) is 76.8 Å². The third kappa shape index (κ3) is 4.66. The molecule has 0 radical (unpaired) electrons. The SMILES string of the molecule is Cc1cccc(-c2cc(-c3cccc(C)c3)cc(-c3cccc(-c4ccc5c6ccccc6c6ccccc6c5c4)c3)c2)c1. The van der Waals surface area contributed by atoms with Gasteiger partial charge in [0.05, 0.1) is 0 Å². The third-order valence-corrected chi connectivity index (χ3v) is 8.91. The molecule has 0 nitrogen and oxygen atoms in total. The van der Waals surface area contributed by atoms with Gasteiger partial charge in [0.1, 0.15) is 0 Å². The molecule has 0 amide bonds. The van der Waals surface area contributed by atoms with Crippen molar-refractivity contribution in [2.24, 2.45) is 0 Å². The van der Waals surface area contributed by atoms with Crippen LogP contribution in [0.1, 0.15) is 11.1 Å². The van der Waals surface area contributed by atoms with E-state index < -0.39 is 0 Å². The summed E-state index contributed by atoms with van der Waals surface area (Å²) in [6.07, 6.45) is 0. The normalized spacial score (nSPS) is 11.4. The lowest BCUT2D eigenvalue weighted by molar-refractivity contribution is 1.45. The van der Waals surface area contributed by atoms with Gasteiger partial charge in [0, 0.05) is 0 Å². The first-order chi connectivity index (χ1) is 21.6. The van der Waals surface area contributed by atoms with E-state index in [9.17, 15) is 0 Å². The molecule has 0 aliphatic carbocycles. The van der Waals surface area contributed by atoms with Crippen molar-refractivity contribution in [2.75, 3.05) is 0 Å². The number of benzene rings is 8. The topological polar surface area (TPSA) is 0 Å². The molecular formula is C44H32. The van der Waals surface area contributed by atoms with E-state index in [1.54, 1.807) is 0 Å². The minimum Gasteiger partial charge on any atom is -0.0616 e. The first-order valence-corrected chi connectivity index (χ1v) is 15.3. The van der Waals surface area contributed by atoms with Crippen molar-refractivity contribution in [3.63, 3.8) is 0 Å². The summed E-state index contributed by atoms with van der Waals surface area (Å²) in [5.74, 6) is 0. The Kier molecular flexibility index (Phi) is 6.35. The molecule has 0 atom stereocenters. The zero-order chi connectivity index (χ0) is 29.6. The van der Waals surface area contributed by atoms with Crippen LogP contribution >= 0.6 is 0 Å². The highest BCUT2D eigenvalue weighted by atomic mass is 14.2. The third-order valence-electron chi connectivity index (χ3n) is 8.91. The van der Waals surface area contributed by atoms with Crippen LogP contribution in [-0.4, -0.2) is 0 Å². The van der Waals surface area contributed by atoms with Crippen molar-refractivity contribution >= 4 is 32.3 Å². The molecular weight excluding hydrogens is 528 g/mol. The first-order valence-electron chi connectivity index (χ1n) is 15.3. The van der Waals surface area contributed by atoms with Crippen LogP contribution in [0, 0.1) is 13.8 Å². The second kappa shape index (κ2) is 10.7. The summed E-state index contributed by atoms with van der Waals surface area (Å²) in [4.78, 5) is 0. The van der Waals surface area contributed by atoms with Gasteiger partial charge < -0.3 is 0 Å². The highest BCUT2D eigenvalue weighted by molar-refractivity contribution is 6.25.